The van der Waals surface area contributed by atoms with Gasteiger partial charge in [-0.3, -0.25) is 9.59 Å². The normalized spacial score (nSPS) is 18.5. The molecule has 0 spiro atoms. The minimum absolute atomic E-state index is 0.148. The third kappa shape index (κ3) is 4.06. The lowest BCUT2D eigenvalue weighted by atomic mass is 10.0. The van der Waals surface area contributed by atoms with Crippen LogP contribution in [0.3, 0.4) is 0 Å². The molecule has 1 atom stereocenters. The Morgan fingerprint density at radius 3 is 2.78 bits per heavy atom. The maximum absolute atomic E-state index is 13.1. The largest absolute Gasteiger partial charge is 0.486 e. The molecule has 10 heteroatoms. The molecule has 4 heterocycles. The molecule has 1 fully saturated rings. The van der Waals surface area contributed by atoms with Crippen molar-refractivity contribution in [3.8, 4) is 11.5 Å². The Labute approximate surface area is 207 Å². The summed E-state index contributed by atoms with van der Waals surface area (Å²) in [6.07, 6.45) is 2.87. The summed E-state index contributed by atoms with van der Waals surface area (Å²) in [5, 5.41) is 9.27. The Kier molecular flexibility index (Phi) is 5.40. The molecule has 1 saturated heterocycles. The number of ether oxygens (including phenoxy) is 2. The van der Waals surface area contributed by atoms with Gasteiger partial charge in [-0.2, -0.15) is 4.98 Å². The Hall–Kier alpha value is -4.60. The van der Waals surface area contributed by atoms with Crippen molar-refractivity contribution in [1.29, 1.82) is 0 Å². The predicted octanol–water partition coefficient (Wildman–Crippen LogP) is 3.48. The van der Waals surface area contributed by atoms with Crippen molar-refractivity contribution in [1.82, 2.24) is 20.2 Å². The van der Waals surface area contributed by atoms with E-state index in [1.165, 1.54) is 0 Å². The molecule has 1 unspecified atom stereocenters. The molecule has 3 aliphatic rings. The number of allylic oxidation sites excluding steroid dienone is 1. The number of nitrogens with one attached hydrogen (secondary N) is 3. The van der Waals surface area contributed by atoms with Gasteiger partial charge in [-0.05, 0) is 43.2 Å². The van der Waals surface area contributed by atoms with Crippen LogP contribution in [0.1, 0.15) is 28.8 Å². The van der Waals surface area contributed by atoms with Gasteiger partial charge >= 0.3 is 0 Å². The average Bonchev–Trinajstić information content (AvgIpc) is 3.21. The number of benzene rings is 2. The zero-order valence-electron chi connectivity index (χ0n) is 19.4. The molecule has 6 rings (SSSR count). The van der Waals surface area contributed by atoms with E-state index < -0.39 is 6.04 Å². The quantitative estimate of drug-likeness (QED) is 0.504. The Morgan fingerprint density at radius 1 is 1.06 bits per heavy atom. The molecule has 0 aliphatic carbocycles. The number of amides is 2. The Bertz CT molecular complexity index is 1390. The molecule has 3 aromatic rings. The number of carbonyl (C=O) groups excluding carboxylic acids is 2. The van der Waals surface area contributed by atoms with Crippen molar-refractivity contribution in [3.05, 3.63) is 72.1 Å². The second kappa shape index (κ2) is 8.88. The molecule has 36 heavy (non-hydrogen) atoms. The summed E-state index contributed by atoms with van der Waals surface area (Å²) in [5.74, 6) is 2.01. The van der Waals surface area contributed by atoms with Crippen LogP contribution in [-0.4, -0.2) is 45.9 Å². The van der Waals surface area contributed by atoms with Gasteiger partial charge in [0.25, 0.3) is 5.91 Å². The zero-order chi connectivity index (χ0) is 24.6. The number of hydrogen-bond acceptors (Lipinski definition) is 8. The van der Waals surface area contributed by atoms with Gasteiger partial charge in [0.2, 0.25) is 11.9 Å². The maximum Gasteiger partial charge on any atom is 0.255 e. The molecule has 2 aromatic carbocycles. The smallest absolute Gasteiger partial charge is 0.255 e. The molecule has 1 aromatic heterocycles. The number of anilines is 4. The van der Waals surface area contributed by atoms with E-state index in [2.05, 4.69) is 32.5 Å². The van der Waals surface area contributed by atoms with Crippen LogP contribution >= 0.6 is 0 Å². The van der Waals surface area contributed by atoms with Crippen LogP contribution in [0.2, 0.25) is 0 Å². The summed E-state index contributed by atoms with van der Waals surface area (Å²) in [5.41, 5.74) is 3.63. The van der Waals surface area contributed by atoms with Gasteiger partial charge < -0.3 is 30.3 Å². The first kappa shape index (κ1) is 21.9. The summed E-state index contributed by atoms with van der Waals surface area (Å²) < 4.78 is 11.2. The van der Waals surface area contributed by atoms with Crippen molar-refractivity contribution in [3.63, 3.8) is 0 Å². The predicted molar refractivity (Wildman–Crippen MR) is 133 cm³/mol. The summed E-state index contributed by atoms with van der Waals surface area (Å²) in [7, 11) is 0. The first-order valence-electron chi connectivity index (χ1n) is 11.7. The van der Waals surface area contributed by atoms with Crippen LogP contribution in [0.4, 0.5) is 23.1 Å². The van der Waals surface area contributed by atoms with Crippen molar-refractivity contribution >= 4 is 35.0 Å². The Balaban J connectivity index is 1.20. The van der Waals surface area contributed by atoms with E-state index in [1.807, 2.05) is 30.3 Å². The number of aromatic nitrogens is 2. The maximum atomic E-state index is 13.1. The van der Waals surface area contributed by atoms with Crippen LogP contribution in [-0.2, 0) is 11.3 Å². The van der Waals surface area contributed by atoms with Crippen molar-refractivity contribution in [2.75, 3.05) is 23.8 Å². The lowest BCUT2D eigenvalue weighted by molar-refractivity contribution is -0.126. The van der Waals surface area contributed by atoms with Gasteiger partial charge in [0.1, 0.15) is 25.1 Å². The standard InChI is InChI=1S/C26H24N6O4/c1-15-5-7-20(24(33)28-15)32-14-18-17(25(32)34)3-2-4-19(18)30-23-9-10-27-26(31-23)29-16-6-8-21-22(13-16)36-12-11-35-21/h2-4,6,8-10,13,20H,1,5,7,11-12,14H2,(H,28,33)(H2,27,29,30,31). The Morgan fingerprint density at radius 2 is 1.92 bits per heavy atom. The number of nitrogens with zero attached hydrogens (tertiary/aromatic N) is 3. The van der Waals surface area contributed by atoms with Gasteiger partial charge in [0, 0.05) is 47.0 Å². The highest BCUT2D eigenvalue weighted by Crippen LogP contribution is 2.35. The summed E-state index contributed by atoms with van der Waals surface area (Å²) >= 11 is 0. The highest BCUT2D eigenvalue weighted by atomic mass is 16.6. The van der Waals surface area contributed by atoms with Crippen LogP contribution in [0, 0.1) is 0 Å². The summed E-state index contributed by atoms with van der Waals surface area (Å²) in [4.78, 5) is 36.2. The van der Waals surface area contributed by atoms with E-state index in [1.54, 1.807) is 23.2 Å². The highest BCUT2D eigenvalue weighted by Gasteiger charge is 2.39. The zero-order valence-corrected chi connectivity index (χ0v) is 19.4. The molecule has 3 N–H and O–H groups in total. The fourth-order valence-electron chi connectivity index (χ4n) is 4.66. The van der Waals surface area contributed by atoms with Crippen molar-refractivity contribution < 1.29 is 19.1 Å². The SMILES string of the molecule is C=C1CCC(N2Cc3c(Nc4ccnc(Nc5ccc6c(c5)OCCO6)n4)cccc3C2=O)C(=O)N1. The molecular weight excluding hydrogens is 460 g/mol. The molecule has 0 radical (unpaired) electrons. The van der Waals surface area contributed by atoms with E-state index in [4.69, 9.17) is 9.47 Å². The van der Waals surface area contributed by atoms with Gasteiger partial charge in [0.05, 0.1) is 0 Å². The number of carbonyl (C=O) groups is 2. The topological polar surface area (TPSA) is 118 Å². The molecule has 0 bridgehead atoms. The first-order chi connectivity index (χ1) is 17.5. The van der Waals surface area contributed by atoms with E-state index in [0.717, 1.165) is 16.9 Å². The third-order valence-electron chi connectivity index (χ3n) is 6.41. The fourth-order valence-corrected chi connectivity index (χ4v) is 4.66. The average molecular weight is 485 g/mol. The van der Waals surface area contributed by atoms with E-state index in [-0.39, 0.29) is 11.8 Å². The van der Waals surface area contributed by atoms with Gasteiger partial charge in [0.15, 0.2) is 11.5 Å². The molecular formula is C26H24N6O4. The molecule has 3 aliphatic heterocycles. The van der Waals surface area contributed by atoms with Gasteiger partial charge in [-0.15, -0.1) is 0 Å². The number of piperidine rings is 1. The monoisotopic (exact) mass is 484 g/mol. The molecule has 2 amide bonds. The van der Waals surface area contributed by atoms with E-state index in [9.17, 15) is 9.59 Å². The number of rotatable bonds is 5. The van der Waals surface area contributed by atoms with E-state index in [0.29, 0.717) is 67.1 Å². The lowest BCUT2D eigenvalue weighted by Crippen LogP contribution is -2.49. The molecule has 10 nitrogen and oxygen atoms in total. The van der Waals surface area contributed by atoms with Crippen molar-refractivity contribution in [2.24, 2.45) is 0 Å². The summed E-state index contributed by atoms with van der Waals surface area (Å²) in [6, 6.07) is 12.3. The van der Waals surface area contributed by atoms with Crippen molar-refractivity contribution in [2.45, 2.75) is 25.4 Å². The van der Waals surface area contributed by atoms with Crippen LogP contribution < -0.4 is 25.4 Å². The lowest BCUT2D eigenvalue weighted by Gasteiger charge is -2.31. The highest BCUT2D eigenvalue weighted by molar-refractivity contribution is 6.03. The minimum atomic E-state index is -0.510. The minimum Gasteiger partial charge on any atom is -0.486 e. The first-order valence-corrected chi connectivity index (χ1v) is 11.7. The van der Waals surface area contributed by atoms with E-state index >= 15 is 0 Å². The van der Waals surface area contributed by atoms with Crippen LogP contribution in [0.5, 0.6) is 11.5 Å². The number of hydrogen-bond donors (Lipinski definition) is 3. The second-order valence-corrected chi connectivity index (χ2v) is 8.79. The van der Waals surface area contributed by atoms with Gasteiger partial charge in [-0.1, -0.05) is 12.6 Å². The molecule has 182 valence electrons. The van der Waals surface area contributed by atoms with Crippen LogP contribution in [0.25, 0.3) is 0 Å². The fraction of sp³-hybridized carbons (Fsp3) is 0.231. The second-order valence-electron chi connectivity index (χ2n) is 8.79. The number of fused-ring (bicyclic) bond motifs is 2. The van der Waals surface area contributed by atoms with Gasteiger partial charge in [-0.25, -0.2) is 4.98 Å². The van der Waals surface area contributed by atoms with Crippen LogP contribution in [0.15, 0.2) is 60.9 Å². The molecule has 0 saturated carbocycles. The third-order valence-corrected chi connectivity index (χ3v) is 6.41. The summed E-state index contributed by atoms with van der Waals surface area (Å²) in [6.45, 7) is 5.21.